The molecule has 0 aromatic carbocycles. The molecule has 0 saturated carbocycles. The van der Waals surface area contributed by atoms with Crippen molar-refractivity contribution in [1.29, 1.82) is 0 Å². The van der Waals surface area contributed by atoms with Crippen molar-refractivity contribution in [3.63, 3.8) is 0 Å². The summed E-state index contributed by atoms with van der Waals surface area (Å²) in [4.78, 5) is 23.3. The van der Waals surface area contributed by atoms with E-state index in [4.69, 9.17) is 11.6 Å². The van der Waals surface area contributed by atoms with Crippen molar-refractivity contribution in [3.8, 4) is 0 Å². The number of hydrogen-bond donors (Lipinski definition) is 1. The number of alkyl halides is 1. The second kappa shape index (κ2) is 4.15. The van der Waals surface area contributed by atoms with Crippen LogP contribution in [0.1, 0.15) is 5.69 Å². The molecule has 0 aliphatic carbocycles. The van der Waals surface area contributed by atoms with E-state index in [-0.39, 0.29) is 21.7 Å². The summed E-state index contributed by atoms with van der Waals surface area (Å²) in [6.45, 7) is 0. The highest BCUT2D eigenvalue weighted by Gasteiger charge is 2.21. The Kier molecular flexibility index (Phi) is 3.14. The summed E-state index contributed by atoms with van der Waals surface area (Å²) in [5.74, 6) is -0.161. The maximum absolute atomic E-state index is 10.4. The van der Waals surface area contributed by atoms with Crippen molar-refractivity contribution in [2.75, 3.05) is 5.43 Å². The molecule has 1 aromatic heterocycles. The van der Waals surface area contributed by atoms with E-state index >= 15 is 0 Å². The van der Waals surface area contributed by atoms with Gasteiger partial charge in [0.05, 0.1) is 10.8 Å². The number of hydrazine groups is 1. The number of halogens is 1. The molecule has 14 heavy (non-hydrogen) atoms. The van der Waals surface area contributed by atoms with Crippen LogP contribution in [-0.4, -0.2) is 14.9 Å². The first-order valence-electron chi connectivity index (χ1n) is 3.15. The van der Waals surface area contributed by atoms with Crippen LogP contribution >= 0.6 is 22.9 Å². The van der Waals surface area contributed by atoms with Crippen LogP contribution in [0.15, 0.2) is 0 Å². The van der Waals surface area contributed by atoms with Gasteiger partial charge < -0.3 is 0 Å². The molecule has 0 radical (unpaired) electrons. The van der Waals surface area contributed by atoms with Gasteiger partial charge in [-0.1, -0.05) is 5.43 Å². The standard InChI is InChI=1S/C4H3ClN4O4S/c5-1-2-3(8(10)11)14-4(6-2)7-9(12)13/h1H2,(H,6,7). The normalized spacial score (nSPS) is 9.79. The second-order valence-electron chi connectivity index (χ2n) is 2.03. The number of hydrogen-bond acceptors (Lipinski definition) is 6. The maximum Gasteiger partial charge on any atom is 0.350 e. The molecule has 10 heteroatoms. The molecule has 8 nitrogen and oxygen atoms in total. The highest BCUT2D eigenvalue weighted by molar-refractivity contribution is 7.18. The topological polar surface area (TPSA) is 111 Å². The largest absolute Gasteiger partial charge is 0.350 e. The lowest BCUT2D eigenvalue weighted by molar-refractivity contribution is -0.445. The molecule has 0 fully saturated rings. The van der Waals surface area contributed by atoms with Crippen LogP contribution in [0.25, 0.3) is 0 Å². The molecule has 1 N–H and O–H groups in total. The van der Waals surface area contributed by atoms with Crippen LogP contribution < -0.4 is 5.43 Å². The van der Waals surface area contributed by atoms with Gasteiger partial charge in [-0.15, -0.1) is 11.6 Å². The van der Waals surface area contributed by atoms with Crippen LogP contribution in [-0.2, 0) is 5.88 Å². The van der Waals surface area contributed by atoms with E-state index < -0.39 is 9.96 Å². The van der Waals surface area contributed by atoms with Crippen molar-refractivity contribution >= 4 is 33.1 Å². The number of nitrogens with zero attached hydrogens (tertiary/aromatic N) is 3. The molecule has 1 aromatic rings. The van der Waals surface area contributed by atoms with Gasteiger partial charge in [0.1, 0.15) is 5.69 Å². The lowest BCUT2D eigenvalue weighted by atomic mass is 10.5. The highest BCUT2D eigenvalue weighted by atomic mass is 35.5. The SMILES string of the molecule is O=[N+]([O-])Nc1nc(CCl)c([N+](=O)[O-])s1. The van der Waals surface area contributed by atoms with Crippen LogP contribution in [0.5, 0.6) is 0 Å². The maximum atomic E-state index is 10.4. The van der Waals surface area contributed by atoms with Crippen molar-refractivity contribution < 1.29 is 9.96 Å². The lowest BCUT2D eigenvalue weighted by Gasteiger charge is -1.86. The van der Waals surface area contributed by atoms with Crippen LogP contribution in [0, 0.1) is 20.2 Å². The summed E-state index contributed by atoms with van der Waals surface area (Å²) in [7, 11) is 0. The number of rotatable bonds is 4. The minimum Gasteiger partial charge on any atom is -0.257 e. The molecule has 0 saturated heterocycles. The van der Waals surface area contributed by atoms with Gasteiger partial charge in [-0.2, -0.15) is 0 Å². The number of aromatic nitrogens is 1. The van der Waals surface area contributed by atoms with Crippen molar-refractivity contribution in [3.05, 3.63) is 25.9 Å². The average molecular weight is 239 g/mol. The Morgan fingerprint density at radius 3 is 2.50 bits per heavy atom. The quantitative estimate of drug-likeness (QED) is 0.482. The van der Waals surface area contributed by atoms with E-state index in [1.54, 1.807) is 5.43 Å². The molecule has 1 rings (SSSR count). The fraction of sp³-hybridized carbons (Fsp3) is 0.250. The van der Waals surface area contributed by atoms with Crippen molar-refractivity contribution in [2.24, 2.45) is 0 Å². The van der Waals surface area contributed by atoms with E-state index in [0.717, 1.165) is 0 Å². The van der Waals surface area contributed by atoms with Gasteiger partial charge in [0.25, 0.3) is 5.13 Å². The van der Waals surface area contributed by atoms with Gasteiger partial charge in [0.2, 0.25) is 0 Å². The highest BCUT2D eigenvalue weighted by Crippen LogP contribution is 2.31. The molecule has 0 bridgehead atoms. The van der Waals surface area contributed by atoms with E-state index in [1.807, 2.05) is 0 Å². The Balaban J connectivity index is 3.00. The Morgan fingerprint density at radius 2 is 2.14 bits per heavy atom. The first-order valence-corrected chi connectivity index (χ1v) is 4.50. The zero-order valence-corrected chi connectivity index (χ0v) is 8.04. The molecule has 0 aliphatic heterocycles. The third-order valence-corrected chi connectivity index (χ3v) is 2.36. The zero-order chi connectivity index (χ0) is 10.7. The van der Waals surface area contributed by atoms with Crippen molar-refractivity contribution in [1.82, 2.24) is 4.98 Å². The number of nitrogens with one attached hydrogen (secondary N) is 1. The fourth-order valence-corrected chi connectivity index (χ4v) is 1.73. The van der Waals surface area contributed by atoms with E-state index in [0.29, 0.717) is 11.3 Å². The number of thiazole rings is 1. The molecule has 0 amide bonds. The summed E-state index contributed by atoms with van der Waals surface area (Å²) < 4.78 is 0. The Bertz CT molecular complexity index is 379. The van der Waals surface area contributed by atoms with E-state index in [1.165, 1.54) is 0 Å². The summed E-state index contributed by atoms with van der Waals surface area (Å²) in [6, 6.07) is 0. The van der Waals surface area contributed by atoms with Crippen molar-refractivity contribution in [2.45, 2.75) is 5.88 Å². The van der Waals surface area contributed by atoms with Gasteiger partial charge >= 0.3 is 5.00 Å². The third-order valence-electron chi connectivity index (χ3n) is 1.16. The minimum atomic E-state index is -0.847. The summed E-state index contributed by atoms with van der Waals surface area (Å²) >= 11 is 5.94. The number of anilines is 1. The van der Waals surface area contributed by atoms with Gasteiger partial charge in [-0.3, -0.25) is 10.1 Å². The van der Waals surface area contributed by atoms with Gasteiger partial charge in [0, 0.05) is 0 Å². The average Bonchev–Trinajstić information content (AvgIpc) is 2.46. The monoisotopic (exact) mass is 238 g/mol. The fourth-order valence-electron chi connectivity index (χ4n) is 0.699. The first kappa shape index (κ1) is 10.6. The number of nitro groups is 2. The van der Waals surface area contributed by atoms with Crippen LogP contribution in [0.3, 0.4) is 0 Å². The molecule has 76 valence electrons. The Labute approximate surface area is 85.8 Å². The second-order valence-corrected chi connectivity index (χ2v) is 3.28. The molecular weight excluding hydrogens is 236 g/mol. The molecule has 0 unspecified atom stereocenters. The van der Waals surface area contributed by atoms with Gasteiger partial charge in [-0.25, -0.2) is 15.1 Å². The predicted molar refractivity (Wildman–Crippen MR) is 48.9 cm³/mol. The molecule has 0 spiro atoms. The van der Waals surface area contributed by atoms with Gasteiger partial charge in [0.15, 0.2) is 5.03 Å². The zero-order valence-electron chi connectivity index (χ0n) is 6.47. The van der Waals surface area contributed by atoms with E-state index in [2.05, 4.69) is 4.98 Å². The smallest absolute Gasteiger partial charge is 0.257 e. The predicted octanol–water partition coefficient (Wildman–Crippen LogP) is 1.39. The molecular formula is C4H3ClN4O4S. The van der Waals surface area contributed by atoms with Crippen LogP contribution in [0.2, 0.25) is 0 Å². The van der Waals surface area contributed by atoms with Gasteiger partial charge in [-0.05, 0) is 11.3 Å². The summed E-state index contributed by atoms with van der Waals surface area (Å²) in [6.07, 6.45) is 0. The van der Waals surface area contributed by atoms with Crippen LogP contribution in [0.4, 0.5) is 10.1 Å². The van der Waals surface area contributed by atoms with E-state index in [9.17, 15) is 20.2 Å². The third kappa shape index (κ3) is 2.26. The molecule has 0 atom stereocenters. The summed E-state index contributed by atoms with van der Waals surface area (Å²) in [5, 5.41) is 19.1. The summed E-state index contributed by atoms with van der Waals surface area (Å²) in [5.41, 5.74) is 1.74. The molecule has 0 aliphatic rings. The Morgan fingerprint density at radius 1 is 1.50 bits per heavy atom. The minimum absolute atomic E-state index is 0.0195. The Hall–Kier alpha value is -1.48. The molecule has 1 heterocycles. The first-order chi connectivity index (χ1) is 6.54. The lowest BCUT2D eigenvalue weighted by Crippen LogP contribution is -2.07.